The van der Waals surface area contributed by atoms with Gasteiger partial charge in [0.2, 0.25) is 5.91 Å². The van der Waals surface area contributed by atoms with Crippen molar-refractivity contribution in [1.82, 2.24) is 10.2 Å². The number of rotatable bonds is 2. The second-order valence-electron chi connectivity index (χ2n) is 6.79. The van der Waals surface area contributed by atoms with Crippen LogP contribution < -0.4 is 11.1 Å². The molecule has 0 aromatic rings. The fourth-order valence-corrected chi connectivity index (χ4v) is 4.43. The SMILES string of the molecule is CN(C(=O)C1CC2CCCC(C1)C2N)C1CCNC1. The monoisotopic (exact) mass is 265 g/mol. The van der Waals surface area contributed by atoms with Gasteiger partial charge in [-0.05, 0) is 50.5 Å². The number of nitrogens with zero attached hydrogens (tertiary/aromatic N) is 1. The number of carbonyl (C=O) groups is 1. The zero-order chi connectivity index (χ0) is 13.4. The van der Waals surface area contributed by atoms with Crippen LogP contribution in [0.4, 0.5) is 0 Å². The highest BCUT2D eigenvalue weighted by molar-refractivity contribution is 5.79. The zero-order valence-corrected chi connectivity index (χ0v) is 12.0. The van der Waals surface area contributed by atoms with Gasteiger partial charge in [0.1, 0.15) is 0 Å². The van der Waals surface area contributed by atoms with E-state index < -0.39 is 0 Å². The van der Waals surface area contributed by atoms with Crippen LogP contribution in [0, 0.1) is 17.8 Å². The molecule has 2 saturated carbocycles. The summed E-state index contributed by atoms with van der Waals surface area (Å²) in [5, 5.41) is 3.34. The van der Waals surface area contributed by atoms with Crippen LogP contribution in [-0.4, -0.2) is 43.0 Å². The van der Waals surface area contributed by atoms with Crippen molar-refractivity contribution in [3.05, 3.63) is 0 Å². The predicted molar refractivity (Wildman–Crippen MR) is 75.6 cm³/mol. The lowest BCUT2D eigenvalue weighted by Gasteiger charge is -2.44. The highest BCUT2D eigenvalue weighted by Gasteiger charge is 2.42. The first-order chi connectivity index (χ1) is 9.16. The maximum atomic E-state index is 12.7. The summed E-state index contributed by atoms with van der Waals surface area (Å²) >= 11 is 0. The standard InChI is InChI=1S/C15H27N3O/c1-18(13-5-6-17-9-13)15(19)12-7-10-3-2-4-11(8-12)14(10)16/h10-14,17H,2-9,16H2,1H3. The first kappa shape index (κ1) is 13.4. The van der Waals surface area contributed by atoms with Gasteiger partial charge in [0.25, 0.3) is 0 Å². The quantitative estimate of drug-likeness (QED) is 0.782. The minimum Gasteiger partial charge on any atom is -0.341 e. The van der Waals surface area contributed by atoms with Crippen LogP contribution in [0.5, 0.6) is 0 Å². The Kier molecular flexibility index (Phi) is 3.81. The Morgan fingerprint density at radius 2 is 1.89 bits per heavy atom. The summed E-state index contributed by atoms with van der Waals surface area (Å²) < 4.78 is 0. The Morgan fingerprint density at radius 1 is 1.21 bits per heavy atom. The van der Waals surface area contributed by atoms with E-state index in [1.54, 1.807) is 0 Å². The fraction of sp³-hybridized carbons (Fsp3) is 0.933. The first-order valence-electron chi connectivity index (χ1n) is 7.89. The molecule has 19 heavy (non-hydrogen) atoms. The summed E-state index contributed by atoms with van der Waals surface area (Å²) in [6, 6.07) is 0.763. The van der Waals surface area contributed by atoms with Gasteiger partial charge in [-0.3, -0.25) is 4.79 Å². The van der Waals surface area contributed by atoms with Crippen LogP contribution in [0.15, 0.2) is 0 Å². The van der Waals surface area contributed by atoms with Crippen molar-refractivity contribution in [2.75, 3.05) is 20.1 Å². The number of nitrogens with two attached hydrogens (primary N) is 1. The van der Waals surface area contributed by atoms with Crippen molar-refractivity contribution in [2.24, 2.45) is 23.5 Å². The van der Waals surface area contributed by atoms with E-state index >= 15 is 0 Å². The summed E-state index contributed by atoms with van der Waals surface area (Å²) in [5.41, 5.74) is 6.31. The summed E-state index contributed by atoms with van der Waals surface area (Å²) in [6.07, 6.45) is 6.93. The van der Waals surface area contributed by atoms with Gasteiger partial charge in [-0.1, -0.05) is 6.42 Å². The third kappa shape index (κ3) is 2.52. The molecule has 3 rings (SSSR count). The van der Waals surface area contributed by atoms with Crippen molar-refractivity contribution >= 4 is 5.91 Å². The van der Waals surface area contributed by atoms with E-state index in [0.717, 1.165) is 32.4 Å². The van der Waals surface area contributed by atoms with E-state index in [9.17, 15) is 4.79 Å². The number of hydrogen-bond acceptors (Lipinski definition) is 3. The summed E-state index contributed by atoms with van der Waals surface area (Å²) in [5.74, 6) is 1.80. The molecular formula is C15H27N3O. The molecule has 1 heterocycles. The van der Waals surface area contributed by atoms with Gasteiger partial charge in [0.15, 0.2) is 0 Å². The second kappa shape index (κ2) is 5.41. The second-order valence-corrected chi connectivity index (χ2v) is 6.79. The van der Waals surface area contributed by atoms with Crippen LogP contribution in [0.1, 0.15) is 38.5 Å². The topological polar surface area (TPSA) is 58.4 Å². The van der Waals surface area contributed by atoms with Crippen LogP contribution in [0.2, 0.25) is 0 Å². The van der Waals surface area contributed by atoms with Crippen molar-refractivity contribution in [3.63, 3.8) is 0 Å². The molecule has 4 heteroatoms. The molecule has 3 atom stereocenters. The third-order valence-corrected chi connectivity index (χ3v) is 5.69. The van der Waals surface area contributed by atoms with Gasteiger partial charge in [-0.2, -0.15) is 0 Å². The lowest BCUT2D eigenvalue weighted by atomic mass is 9.65. The van der Waals surface area contributed by atoms with E-state index in [4.69, 9.17) is 5.73 Å². The highest BCUT2D eigenvalue weighted by atomic mass is 16.2. The molecule has 0 aromatic carbocycles. The molecule has 1 amide bonds. The van der Waals surface area contributed by atoms with Gasteiger partial charge in [-0.15, -0.1) is 0 Å². The maximum Gasteiger partial charge on any atom is 0.225 e. The molecule has 0 radical (unpaired) electrons. The van der Waals surface area contributed by atoms with Gasteiger partial charge in [-0.25, -0.2) is 0 Å². The van der Waals surface area contributed by atoms with Crippen molar-refractivity contribution in [1.29, 1.82) is 0 Å². The molecule has 1 saturated heterocycles. The Hall–Kier alpha value is -0.610. The lowest BCUT2D eigenvalue weighted by Crippen LogP contribution is -2.50. The maximum absolute atomic E-state index is 12.7. The summed E-state index contributed by atoms with van der Waals surface area (Å²) in [6.45, 7) is 2.00. The van der Waals surface area contributed by atoms with Crippen molar-refractivity contribution < 1.29 is 4.79 Å². The molecule has 2 bridgehead atoms. The average molecular weight is 265 g/mol. The smallest absolute Gasteiger partial charge is 0.225 e. The molecule has 3 fully saturated rings. The van der Waals surface area contributed by atoms with E-state index in [1.807, 2.05) is 11.9 Å². The van der Waals surface area contributed by atoms with E-state index in [2.05, 4.69) is 5.32 Å². The largest absolute Gasteiger partial charge is 0.341 e. The van der Waals surface area contributed by atoms with E-state index in [-0.39, 0.29) is 5.92 Å². The molecule has 0 aromatic heterocycles. The van der Waals surface area contributed by atoms with Crippen LogP contribution in [0.3, 0.4) is 0 Å². The number of fused-ring (bicyclic) bond motifs is 2. The molecule has 2 aliphatic carbocycles. The fourth-order valence-electron chi connectivity index (χ4n) is 4.43. The van der Waals surface area contributed by atoms with Crippen LogP contribution >= 0.6 is 0 Å². The summed E-state index contributed by atoms with van der Waals surface area (Å²) in [4.78, 5) is 14.7. The first-order valence-corrected chi connectivity index (χ1v) is 7.89. The number of nitrogens with one attached hydrogen (secondary N) is 1. The van der Waals surface area contributed by atoms with Crippen LogP contribution in [0.25, 0.3) is 0 Å². The Bertz CT molecular complexity index is 326. The number of carbonyl (C=O) groups excluding carboxylic acids is 1. The number of likely N-dealkylation sites (N-methyl/N-ethyl adjacent to an activating group) is 1. The Labute approximate surface area is 116 Å². The molecule has 3 N–H and O–H groups in total. The van der Waals surface area contributed by atoms with Gasteiger partial charge in [0, 0.05) is 31.6 Å². The molecule has 0 spiro atoms. The van der Waals surface area contributed by atoms with Gasteiger partial charge < -0.3 is 16.0 Å². The Balaban J connectivity index is 1.64. The third-order valence-electron chi connectivity index (χ3n) is 5.69. The summed E-state index contributed by atoms with van der Waals surface area (Å²) in [7, 11) is 1.99. The Morgan fingerprint density at radius 3 is 2.47 bits per heavy atom. The minimum atomic E-state index is 0.237. The number of hydrogen-bond donors (Lipinski definition) is 2. The molecular weight excluding hydrogens is 238 g/mol. The molecule has 1 aliphatic heterocycles. The molecule has 3 aliphatic rings. The zero-order valence-electron chi connectivity index (χ0n) is 12.0. The normalized spacial score (nSPS) is 42.1. The number of amides is 1. The lowest BCUT2D eigenvalue weighted by molar-refractivity contribution is -0.139. The van der Waals surface area contributed by atoms with E-state index in [1.165, 1.54) is 19.3 Å². The predicted octanol–water partition coefficient (Wildman–Crippen LogP) is 0.960. The minimum absolute atomic E-state index is 0.237. The van der Waals surface area contributed by atoms with Gasteiger partial charge >= 0.3 is 0 Å². The van der Waals surface area contributed by atoms with Gasteiger partial charge in [0.05, 0.1) is 0 Å². The van der Waals surface area contributed by atoms with Crippen LogP contribution in [-0.2, 0) is 4.79 Å². The highest BCUT2D eigenvalue weighted by Crippen LogP contribution is 2.42. The van der Waals surface area contributed by atoms with Crippen molar-refractivity contribution in [2.45, 2.75) is 50.6 Å². The van der Waals surface area contributed by atoms with E-state index in [0.29, 0.717) is 29.8 Å². The molecule has 3 unspecified atom stereocenters. The molecule has 4 nitrogen and oxygen atoms in total. The molecule has 108 valence electrons. The van der Waals surface area contributed by atoms with Crippen molar-refractivity contribution in [3.8, 4) is 0 Å². The average Bonchev–Trinajstić information content (AvgIpc) is 2.90.